The van der Waals surface area contributed by atoms with Crippen molar-refractivity contribution >= 4 is 0 Å². The lowest BCUT2D eigenvalue weighted by Crippen LogP contribution is -2.14. The molecule has 0 atom stereocenters. The SMILES string of the molecule is COc1ccc(C2(CO)CC2)c(OC)c1OC. The Labute approximate surface area is 101 Å². The number of hydrogen-bond acceptors (Lipinski definition) is 4. The Kier molecular flexibility index (Phi) is 3.15. The van der Waals surface area contributed by atoms with E-state index in [1.165, 1.54) is 0 Å². The summed E-state index contributed by atoms with van der Waals surface area (Å²) in [5.41, 5.74) is 0.852. The summed E-state index contributed by atoms with van der Waals surface area (Å²) in [4.78, 5) is 0. The molecule has 2 rings (SSSR count). The van der Waals surface area contributed by atoms with E-state index >= 15 is 0 Å². The second-order valence-corrected chi connectivity index (χ2v) is 4.32. The van der Waals surface area contributed by atoms with Crippen LogP contribution >= 0.6 is 0 Å². The lowest BCUT2D eigenvalue weighted by Gasteiger charge is -2.20. The zero-order valence-corrected chi connectivity index (χ0v) is 10.4. The van der Waals surface area contributed by atoms with Gasteiger partial charge in [-0.15, -0.1) is 0 Å². The molecule has 1 saturated carbocycles. The molecule has 0 saturated heterocycles. The van der Waals surface area contributed by atoms with Gasteiger partial charge in [0.2, 0.25) is 5.75 Å². The van der Waals surface area contributed by atoms with E-state index < -0.39 is 0 Å². The van der Waals surface area contributed by atoms with Gasteiger partial charge in [0.25, 0.3) is 0 Å². The number of hydrogen-bond donors (Lipinski definition) is 1. The normalized spacial score (nSPS) is 16.5. The third-order valence-corrected chi connectivity index (χ3v) is 3.43. The summed E-state index contributed by atoms with van der Waals surface area (Å²) in [5, 5.41) is 9.49. The molecule has 0 unspecified atom stereocenters. The molecule has 0 aromatic heterocycles. The van der Waals surface area contributed by atoms with Crippen LogP contribution in [0, 0.1) is 0 Å². The average Bonchev–Trinajstić information content (AvgIpc) is 3.17. The van der Waals surface area contributed by atoms with Gasteiger partial charge in [-0.1, -0.05) is 6.07 Å². The van der Waals surface area contributed by atoms with Crippen LogP contribution in [0.15, 0.2) is 12.1 Å². The first kappa shape index (κ1) is 12.0. The summed E-state index contributed by atoms with van der Waals surface area (Å²) >= 11 is 0. The van der Waals surface area contributed by atoms with Crippen molar-refractivity contribution in [2.75, 3.05) is 27.9 Å². The maximum Gasteiger partial charge on any atom is 0.203 e. The maximum atomic E-state index is 9.49. The van der Waals surface area contributed by atoms with Crippen LogP contribution in [0.3, 0.4) is 0 Å². The van der Waals surface area contributed by atoms with Crippen molar-refractivity contribution in [2.45, 2.75) is 18.3 Å². The van der Waals surface area contributed by atoms with E-state index in [4.69, 9.17) is 14.2 Å². The predicted molar refractivity (Wildman–Crippen MR) is 64.1 cm³/mol. The van der Waals surface area contributed by atoms with Crippen LogP contribution in [-0.2, 0) is 5.41 Å². The van der Waals surface area contributed by atoms with Crippen LogP contribution < -0.4 is 14.2 Å². The van der Waals surface area contributed by atoms with Gasteiger partial charge in [-0.05, 0) is 18.9 Å². The maximum absolute atomic E-state index is 9.49. The first-order valence-electron chi connectivity index (χ1n) is 5.62. The summed E-state index contributed by atoms with van der Waals surface area (Å²) in [6.07, 6.45) is 1.96. The van der Waals surface area contributed by atoms with E-state index in [1.807, 2.05) is 12.1 Å². The summed E-state index contributed by atoms with van der Waals surface area (Å²) in [7, 11) is 4.78. The minimum absolute atomic E-state index is 0.138. The van der Waals surface area contributed by atoms with E-state index in [0.29, 0.717) is 17.2 Å². The smallest absolute Gasteiger partial charge is 0.203 e. The van der Waals surface area contributed by atoms with Crippen LogP contribution in [0.1, 0.15) is 18.4 Å². The van der Waals surface area contributed by atoms with Crippen LogP contribution in [-0.4, -0.2) is 33.0 Å². The van der Waals surface area contributed by atoms with E-state index in [0.717, 1.165) is 18.4 Å². The van der Waals surface area contributed by atoms with Crippen molar-refractivity contribution in [1.29, 1.82) is 0 Å². The highest BCUT2D eigenvalue weighted by Gasteiger charge is 2.46. The van der Waals surface area contributed by atoms with Gasteiger partial charge >= 0.3 is 0 Å². The Balaban J connectivity index is 2.54. The van der Waals surface area contributed by atoms with Gasteiger partial charge in [-0.25, -0.2) is 0 Å². The first-order chi connectivity index (χ1) is 8.22. The lowest BCUT2D eigenvalue weighted by molar-refractivity contribution is 0.249. The molecule has 1 aromatic rings. The van der Waals surface area contributed by atoms with E-state index in [-0.39, 0.29) is 12.0 Å². The largest absolute Gasteiger partial charge is 0.493 e. The molecule has 4 heteroatoms. The molecule has 1 aromatic carbocycles. The molecule has 1 aliphatic rings. The molecule has 0 aliphatic heterocycles. The van der Waals surface area contributed by atoms with Crippen LogP contribution in [0.5, 0.6) is 17.2 Å². The fourth-order valence-corrected chi connectivity index (χ4v) is 2.18. The molecule has 0 amide bonds. The fourth-order valence-electron chi connectivity index (χ4n) is 2.18. The zero-order valence-electron chi connectivity index (χ0n) is 10.4. The Bertz CT molecular complexity index is 410. The quantitative estimate of drug-likeness (QED) is 0.848. The van der Waals surface area contributed by atoms with E-state index in [2.05, 4.69) is 0 Å². The molecule has 0 bridgehead atoms. The highest BCUT2D eigenvalue weighted by atomic mass is 16.5. The summed E-state index contributed by atoms with van der Waals surface area (Å²) in [5.74, 6) is 1.90. The van der Waals surface area contributed by atoms with Crippen molar-refractivity contribution in [3.63, 3.8) is 0 Å². The molecule has 1 fully saturated rings. The number of rotatable bonds is 5. The molecule has 4 nitrogen and oxygen atoms in total. The van der Waals surface area contributed by atoms with Gasteiger partial charge in [0, 0.05) is 11.0 Å². The minimum Gasteiger partial charge on any atom is -0.493 e. The Morgan fingerprint density at radius 3 is 2.12 bits per heavy atom. The van der Waals surface area contributed by atoms with Gasteiger partial charge in [0.1, 0.15) is 0 Å². The fraction of sp³-hybridized carbons (Fsp3) is 0.538. The Morgan fingerprint density at radius 1 is 1.06 bits per heavy atom. The van der Waals surface area contributed by atoms with Crippen molar-refractivity contribution in [2.24, 2.45) is 0 Å². The van der Waals surface area contributed by atoms with Crippen molar-refractivity contribution in [3.8, 4) is 17.2 Å². The predicted octanol–water partition coefficient (Wildman–Crippen LogP) is 1.74. The van der Waals surface area contributed by atoms with Crippen LogP contribution in [0.2, 0.25) is 0 Å². The summed E-state index contributed by atoms with van der Waals surface area (Å²) < 4.78 is 16.0. The van der Waals surface area contributed by atoms with E-state index in [9.17, 15) is 5.11 Å². The first-order valence-corrected chi connectivity index (χ1v) is 5.62. The zero-order chi connectivity index (χ0) is 12.5. The van der Waals surface area contributed by atoms with Gasteiger partial charge in [-0.3, -0.25) is 0 Å². The lowest BCUT2D eigenvalue weighted by atomic mass is 9.95. The topological polar surface area (TPSA) is 47.9 Å². The molecule has 94 valence electrons. The number of benzene rings is 1. The van der Waals surface area contributed by atoms with Gasteiger partial charge in [-0.2, -0.15) is 0 Å². The monoisotopic (exact) mass is 238 g/mol. The molecule has 1 N–H and O–H groups in total. The highest BCUT2D eigenvalue weighted by molar-refractivity contribution is 5.59. The number of aliphatic hydroxyl groups excluding tert-OH is 1. The van der Waals surface area contributed by atoms with Crippen molar-refractivity contribution in [3.05, 3.63) is 17.7 Å². The number of ether oxygens (including phenoxy) is 3. The summed E-state index contributed by atoms with van der Waals surface area (Å²) in [6.45, 7) is 0.138. The van der Waals surface area contributed by atoms with Crippen LogP contribution in [0.4, 0.5) is 0 Å². The van der Waals surface area contributed by atoms with Crippen molar-refractivity contribution < 1.29 is 19.3 Å². The Morgan fingerprint density at radius 2 is 1.71 bits per heavy atom. The van der Waals surface area contributed by atoms with Gasteiger partial charge in [0.15, 0.2) is 11.5 Å². The average molecular weight is 238 g/mol. The minimum atomic E-state index is -0.148. The molecule has 1 aliphatic carbocycles. The van der Waals surface area contributed by atoms with Gasteiger partial charge in [0.05, 0.1) is 27.9 Å². The molecule has 17 heavy (non-hydrogen) atoms. The molecule has 0 heterocycles. The molecular weight excluding hydrogens is 220 g/mol. The van der Waals surface area contributed by atoms with Crippen molar-refractivity contribution in [1.82, 2.24) is 0 Å². The molecule has 0 spiro atoms. The summed E-state index contributed by atoms with van der Waals surface area (Å²) in [6, 6.07) is 3.80. The Hall–Kier alpha value is -1.42. The standard InChI is InChI=1S/C13H18O4/c1-15-10-5-4-9(13(8-14)6-7-13)11(16-2)12(10)17-3/h4-5,14H,6-8H2,1-3H3. The van der Waals surface area contributed by atoms with E-state index in [1.54, 1.807) is 21.3 Å². The molecule has 0 radical (unpaired) electrons. The third kappa shape index (κ3) is 1.82. The third-order valence-electron chi connectivity index (χ3n) is 3.43. The number of methoxy groups -OCH3 is 3. The number of aliphatic hydroxyl groups is 1. The van der Waals surface area contributed by atoms with Crippen LogP contribution in [0.25, 0.3) is 0 Å². The second-order valence-electron chi connectivity index (χ2n) is 4.32. The van der Waals surface area contributed by atoms with Gasteiger partial charge < -0.3 is 19.3 Å². The molecular formula is C13H18O4. The highest BCUT2D eigenvalue weighted by Crippen LogP contribution is 2.54. The second kappa shape index (κ2) is 4.45.